The molecule has 1 unspecified atom stereocenters. The summed E-state index contributed by atoms with van der Waals surface area (Å²) in [7, 11) is 4.44. The predicted octanol–water partition coefficient (Wildman–Crippen LogP) is 1.87. The highest BCUT2D eigenvalue weighted by atomic mass is 16.5. The molecule has 0 amide bonds. The van der Waals surface area contributed by atoms with Crippen LogP contribution >= 0.6 is 0 Å². The number of nitrogens with zero attached hydrogens (tertiary/aromatic N) is 4. The van der Waals surface area contributed by atoms with Gasteiger partial charge in [-0.1, -0.05) is 6.42 Å². The van der Waals surface area contributed by atoms with Gasteiger partial charge in [0, 0.05) is 38.2 Å². The van der Waals surface area contributed by atoms with Crippen molar-refractivity contribution in [2.24, 2.45) is 10.9 Å². The monoisotopic (exact) mass is 379 g/mol. The molecule has 0 spiro atoms. The number of guanidine groups is 1. The first-order valence-corrected chi connectivity index (χ1v) is 11.1. The van der Waals surface area contributed by atoms with E-state index in [1.165, 1.54) is 64.7 Å². The zero-order valence-corrected chi connectivity index (χ0v) is 17.9. The van der Waals surface area contributed by atoms with Gasteiger partial charge >= 0.3 is 0 Å². The SMILES string of the molecule is CCNC(=NCC1(N2CCCCC2)CCN(C)CC1)N(C)CC1CCOC1. The van der Waals surface area contributed by atoms with Gasteiger partial charge in [-0.15, -0.1) is 0 Å². The molecule has 6 heteroatoms. The van der Waals surface area contributed by atoms with Gasteiger partial charge in [0.05, 0.1) is 13.2 Å². The van der Waals surface area contributed by atoms with Gasteiger partial charge in [-0.3, -0.25) is 9.89 Å². The van der Waals surface area contributed by atoms with Crippen LogP contribution in [0, 0.1) is 5.92 Å². The average molecular weight is 380 g/mol. The van der Waals surface area contributed by atoms with E-state index in [0.29, 0.717) is 5.92 Å². The highest BCUT2D eigenvalue weighted by molar-refractivity contribution is 5.79. The predicted molar refractivity (Wildman–Crippen MR) is 112 cm³/mol. The van der Waals surface area contributed by atoms with Crippen LogP contribution in [0.15, 0.2) is 4.99 Å². The first kappa shape index (κ1) is 20.9. The van der Waals surface area contributed by atoms with Crippen molar-refractivity contribution in [2.75, 3.05) is 73.1 Å². The van der Waals surface area contributed by atoms with Crippen LogP contribution in [-0.2, 0) is 4.74 Å². The number of nitrogens with one attached hydrogen (secondary N) is 1. The molecule has 156 valence electrons. The summed E-state index contributed by atoms with van der Waals surface area (Å²) in [6.45, 7) is 11.7. The molecule has 3 aliphatic heterocycles. The summed E-state index contributed by atoms with van der Waals surface area (Å²) in [6, 6.07) is 0. The summed E-state index contributed by atoms with van der Waals surface area (Å²) in [5.41, 5.74) is 0.255. The van der Waals surface area contributed by atoms with Crippen molar-refractivity contribution in [3.63, 3.8) is 0 Å². The van der Waals surface area contributed by atoms with E-state index in [1.54, 1.807) is 0 Å². The second-order valence-electron chi connectivity index (χ2n) is 8.86. The Kier molecular flexibility index (Phi) is 7.79. The standard InChI is InChI=1S/C21H41N5O/c1-4-22-20(25(3)16-19-8-15-27-17-19)23-18-21(9-13-24(2)14-10-21)26-11-6-5-7-12-26/h19H,4-18H2,1-3H3,(H,22,23). The Morgan fingerprint density at radius 1 is 1.19 bits per heavy atom. The van der Waals surface area contributed by atoms with E-state index in [0.717, 1.165) is 38.8 Å². The topological polar surface area (TPSA) is 43.3 Å². The summed E-state index contributed by atoms with van der Waals surface area (Å²) < 4.78 is 5.56. The van der Waals surface area contributed by atoms with Crippen LogP contribution in [0.25, 0.3) is 0 Å². The normalized spacial score (nSPS) is 27.7. The summed E-state index contributed by atoms with van der Waals surface area (Å²) in [5, 5.41) is 3.53. The highest BCUT2D eigenvalue weighted by Crippen LogP contribution is 2.31. The van der Waals surface area contributed by atoms with E-state index in [9.17, 15) is 0 Å². The van der Waals surface area contributed by atoms with Crippen LogP contribution in [-0.4, -0.2) is 99.3 Å². The molecule has 0 bridgehead atoms. The molecule has 3 heterocycles. The fourth-order valence-corrected chi connectivity index (χ4v) is 4.87. The summed E-state index contributed by atoms with van der Waals surface area (Å²) in [4.78, 5) is 12.8. The van der Waals surface area contributed by atoms with Crippen molar-refractivity contribution >= 4 is 5.96 Å². The molecule has 0 aromatic carbocycles. The fourth-order valence-electron chi connectivity index (χ4n) is 4.87. The lowest BCUT2D eigenvalue weighted by atomic mass is 9.84. The van der Waals surface area contributed by atoms with Crippen molar-refractivity contribution in [3.8, 4) is 0 Å². The van der Waals surface area contributed by atoms with Crippen LogP contribution in [0.5, 0.6) is 0 Å². The van der Waals surface area contributed by atoms with Crippen molar-refractivity contribution in [1.29, 1.82) is 0 Å². The molecule has 3 saturated heterocycles. The molecule has 27 heavy (non-hydrogen) atoms. The van der Waals surface area contributed by atoms with Gasteiger partial charge in [-0.05, 0) is 72.3 Å². The molecule has 0 aliphatic carbocycles. The third-order valence-corrected chi connectivity index (χ3v) is 6.72. The van der Waals surface area contributed by atoms with E-state index in [4.69, 9.17) is 9.73 Å². The molecule has 3 fully saturated rings. The minimum absolute atomic E-state index is 0.255. The van der Waals surface area contributed by atoms with Crippen molar-refractivity contribution in [1.82, 2.24) is 20.0 Å². The first-order chi connectivity index (χ1) is 13.1. The largest absolute Gasteiger partial charge is 0.381 e. The molecular formula is C21H41N5O. The second-order valence-corrected chi connectivity index (χ2v) is 8.86. The lowest BCUT2D eigenvalue weighted by molar-refractivity contribution is 0.0206. The maximum Gasteiger partial charge on any atom is 0.193 e. The zero-order valence-electron chi connectivity index (χ0n) is 17.9. The number of rotatable bonds is 6. The maximum atomic E-state index is 5.56. The van der Waals surface area contributed by atoms with Gasteiger partial charge in [0.2, 0.25) is 0 Å². The van der Waals surface area contributed by atoms with Gasteiger partial charge in [0.15, 0.2) is 5.96 Å². The Morgan fingerprint density at radius 2 is 1.93 bits per heavy atom. The minimum atomic E-state index is 0.255. The summed E-state index contributed by atoms with van der Waals surface area (Å²) >= 11 is 0. The van der Waals surface area contributed by atoms with Crippen molar-refractivity contribution in [3.05, 3.63) is 0 Å². The van der Waals surface area contributed by atoms with Gasteiger partial charge in [0.25, 0.3) is 0 Å². The van der Waals surface area contributed by atoms with Crippen LogP contribution in [0.3, 0.4) is 0 Å². The molecule has 1 atom stereocenters. The van der Waals surface area contributed by atoms with Gasteiger partial charge < -0.3 is 19.9 Å². The molecule has 0 saturated carbocycles. The molecular weight excluding hydrogens is 338 g/mol. The number of likely N-dealkylation sites (tertiary alicyclic amines) is 2. The Balaban J connectivity index is 1.69. The van der Waals surface area contributed by atoms with Crippen molar-refractivity contribution < 1.29 is 4.74 Å². The lowest BCUT2D eigenvalue weighted by Gasteiger charge is -2.49. The van der Waals surface area contributed by atoms with E-state index < -0.39 is 0 Å². The Bertz CT molecular complexity index is 463. The van der Waals surface area contributed by atoms with E-state index in [2.05, 4.69) is 41.0 Å². The average Bonchev–Trinajstić information content (AvgIpc) is 3.20. The first-order valence-electron chi connectivity index (χ1n) is 11.1. The van der Waals surface area contributed by atoms with E-state index in [1.807, 2.05) is 0 Å². The van der Waals surface area contributed by atoms with Crippen LogP contribution < -0.4 is 5.32 Å². The molecule has 3 aliphatic rings. The number of hydrogen-bond donors (Lipinski definition) is 1. The Hall–Kier alpha value is -0.850. The fraction of sp³-hybridized carbons (Fsp3) is 0.952. The molecule has 3 rings (SSSR count). The number of ether oxygens (including phenoxy) is 1. The third kappa shape index (κ3) is 5.58. The van der Waals surface area contributed by atoms with Crippen LogP contribution in [0.1, 0.15) is 45.4 Å². The van der Waals surface area contributed by atoms with Gasteiger partial charge in [-0.25, -0.2) is 0 Å². The van der Waals surface area contributed by atoms with Crippen LogP contribution in [0.4, 0.5) is 0 Å². The second kappa shape index (κ2) is 10.1. The molecule has 6 nitrogen and oxygen atoms in total. The zero-order chi connectivity index (χ0) is 19.1. The Labute approximate surface area is 166 Å². The summed E-state index contributed by atoms with van der Waals surface area (Å²) in [6.07, 6.45) is 7.75. The summed E-state index contributed by atoms with van der Waals surface area (Å²) in [5.74, 6) is 1.71. The van der Waals surface area contributed by atoms with Gasteiger partial charge in [-0.2, -0.15) is 0 Å². The quantitative estimate of drug-likeness (QED) is 0.564. The smallest absolute Gasteiger partial charge is 0.193 e. The van der Waals surface area contributed by atoms with Gasteiger partial charge in [0.1, 0.15) is 0 Å². The molecule has 1 N–H and O–H groups in total. The number of aliphatic imine (C=N–C) groups is 1. The minimum Gasteiger partial charge on any atom is -0.381 e. The lowest BCUT2D eigenvalue weighted by Crippen LogP contribution is -2.58. The van der Waals surface area contributed by atoms with Crippen molar-refractivity contribution in [2.45, 2.75) is 51.0 Å². The third-order valence-electron chi connectivity index (χ3n) is 6.72. The molecule has 0 radical (unpaired) electrons. The number of hydrogen-bond acceptors (Lipinski definition) is 4. The van der Waals surface area contributed by atoms with E-state index in [-0.39, 0.29) is 5.54 Å². The molecule has 0 aromatic heterocycles. The number of piperidine rings is 2. The van der Waals surface area contributed by atoms with E-state index >= 15 is 0 Å². The van der Waals surface area contributed by atoms with Crippen LogP contribution in [0.2, 0.25) is 0 Å². The highest BCUT2D eigenvalue weighted by Gasteiger charge is 2.39. The maximum absolute atomic E-state index is 5.56. The Morgan fingerprint density at radius 3 is 2.56 bits per heavy atom. The molecule has 0 aromatic rings.